The molecule has 0 saturated carbocycles. The van der Waals surface area contributed by atoms with Crippen LogP contribution < -0.4 is 0 Å². The first-order chi connectivity index (χ1) is 7.84. The average Bonchev–Trinajstić information content (AvgIpc) is 2.75. The van der Waals surface area contributed by atoms with E-state index < -0.39 is 0 Å². The molecule has 3 aromatic rings. The Bertz CT molecular complexity index is 635. The Balaban J connectivity index is 2.31. The SMILES string of the molecule is Cc1ccc(-c2cncc3ccccc23)s1. The molecule has 0 unspecified atom stereocenters. The predicted molar refractivity (Wildman–Crippen MR) is 69.8 cm³/mol. The topological polar surface area (TPSA) is 12.9 Å². The lowest BCUT2D eigenvalue weighted by molar-refractivity contribution is 1.37. The first kappa shape index (κ1) is 9.55. The van der Waals surface area contributed by atoms with Crippen LogP contribution >= 0.6 is 11.3 Å². The van der Waals surface area contributed by atoms with Crippen molar-refractivity contribution in [2.24, 2.45) is 0 Å². The van der Waals surface area contributed by atoms with Gasteiger partial charge >= 0.3 is 0 Å². The molecule has 78 valence electrons. The molecule has 0 spiro atoms. The van der Waals surface area contributed by atoms with E-state index in [1.54, 1.807) is 0 Å². The van der Waals surface area contributed by atoms with Crippen LogP contribution in [0.5, 0.6) is 0 Å². The Morgan fingerprint density at radius 2 is 1.88 bits per heavy atom. The molecule has 16 heavy (non-hydrogen) atoms. The van der Waals surface area contributed by atoms with E-state index in [2.05, 4.69) is 42.2 Å². The van der Waals surface area contributed by atoms with Gasteiger partial charge in [-0.2, -0.15) is 0 Å². The second-order valence-corrected chi connectivity index (χ2v) is 5.11. The number of fused-ring (bicyclic) bond motifs is 1. The molecule has 0 atom stereocenters. The maximum Gasteiger partial charge on any atom is 0.0367 e. The van der Waals surface area contributed by atoms with Crippen molar-refractivity contribution in [3.63, 3.8) is 0 Å². The summed E-state index contributed by atoms with van der Waals surface area (Å²) >= 11 is 1.82. The molecule has 0 radical (unpaired) electrons. The Hall–Kier alpha value is -1.67. The molecule has 0 bridgehead atoms. The highest BCUT2D eigenvalue weighted by Gasteiger charge is 2.05. The first-order valence-corrected chi connectivity index (χ1v) is 6.06. The lowest BCUT2D eigenvalue weighted by Crippen LogP contribution is -1.80. The van der Waals surface area contributed by atoms with E-state index in [4.69, 9.17) is 0 Å². The van der Waals surface area contributed by atoms with Crippen molar-refractivity contribution >= 4 is 22.1 Å². The molecule has 0 aliphatic heterocycles. The minimum Gasteiger partial charge on any atom is -0.263 e. The highest BCUT2D eigenvalue weighted by atomic mass is 32.1. The van der Waals surface area contributed by atoms with E-state index >= 15 is 0 Å². The molecule has 0 N–H and O–H groups in total. The summed E-state index contributed by atoms with van der Waals surface area (Å²) in [4.78, 5) is 6.93. The number of benzene rings is 1. The molecule has 2 heterocycles. The van der Waals surface area contributed by atoms with Crippen LogP contribution in [0, 0.1) is 6.92 Å². The van der Waals surface area contributed by atoms with Crippen LogP contribution in [-0.4, -0.2) is 4.98 Å². The summed E-state index contributed by atoms with van der Waals surface area (Å²) in [6.45, 7) is 2.13. The normalized spacial score (nSPS) is 10.8. The van der Waals surface area contributed by atoms with Gasteiger partial charge < -0.3 is 0 Å². The van der Waals surface area contributed by atoms with Crippen LogP contribution in [0.25, 0.3) is 21.2 Å². The van der Waals surface area contributed by atoms with Gasteiger partial charge in [-0.25, -0.2) is 0 Å². The van der Waals surface area contributed by atoms with Crippen molar-refractivity contribution in [3.05, 3.63) is 53.7 Å². The van der Waals surface area contributed by atoms with Gasteiger partial charge in [0.05, 0.1) is 0 Å². The number of hydrogen-bond acceptors (Lipinski definition) is 2. The maximum atomic E-state index is 4.31. The molecule has 2 aromatic heterocycles. The number of hydrogen-bond donors (Lipinski definition) is 0. The Kier molecular flexibility index (Phi) is 2.22. The average molecular weight is 225 g/mol. The van der Waals surface area contributed by atoms with Gasteiger partial charge in [-0.3, -0.25) is 4.98 Å². The number of pyridine rings is 1. The van der Waals surface area contributed by atoms with Gasteiger partial charge in [0.25, 0.3) is 0 Å². The molecule has 3 rings (SSSR count). The third-order valence-electron chi connectivity index (χ3n) is 2.67. The predicted octanol–water partition coefficient (Wildman–Crippen LogP) is 4.27. The van der Waals surface area contributed by atoms with E-state index in [9.17, 15) is 0 Å². The van der Waals surface area contributed by atoms with Gasteiger partial charge in [0.1, 0.15) is 0 Å². The van der Waals surface area contributed by atoms with Crippen LogP contribution in [0.3, 0.4) is 0 Å². The van der Waals surface area contributed by atoms with Gasteiger partial charge in [-0.1, -0.05) is 24.3 Å². The Morgan fingerprint density at radius 3 is 2.69 bits per heavy atom. The molecule has 1 aromatic carbocycles. The van der Waals surface area contributed by atoms with E-state index in [1.807, 2.05) is 29.8 Å². The lowest BCUT2D eigenvalue weighted by Gasteiger charge is -2.02. The van der Waals surface area contributed by atoms with Crippen LogP contribution in [0.15, 0.2) is 48.8 Å². The third kappa shape index (κ3) is 1.51. The summed E-state index contributed by atoms with van der Waals surface area (Å²) < 4.78 is 0. The summed E-state index contributed by atoms with van der Waals surface area (Å²) in [5.74, 6) is 0. The molecule has 0 saturated heterocycles. The summed E-state index contributed by atoms with van der Waals surface area (Å²) in [6, 6.07) is 12.7. The van der Waals surface area contributed by atoms with Crippen molar-refractivity contribution in [3.8, 4) is 10.4 Å². The van der Waals surface area contributed by atoms with E-state index in [-0.39, 0.29) is 0 Å². The van der Waals surface area contributed by atoms with Crippen molar-refractivity contribution in [1.82, 2.24) is 4.98 Å². The summed E-state index contributed by atoms with van der Waals surface area (Å²) in [6.07, 6.45) is 3.87. The first-order valence-electron chi connectivity index (χ1n) is 5.24. The monoisotopic (exact) mass is 225 g/mol. The lowest BCUT2D eigenvalue weighted by atomic mass is 10.1. The number of aromatic nitrogens is 1. The zero-order chi connectivity index (χ0) is 11.0. The highest BCUT2D eigenvalue weighted by Crippen LogP contribution is 2.32. The fourth-order valence-electron chi connectivity index (χ4n) is 1.89. The minimum absolute atomic E-state index is 1.20. The standard InChI is InChI=1S/C14H11NS/c1-10-6-7-14(16-10)13-9-15-8-11-4-2-3-5-12(11)13/h2-9H,1H3. The molecular weight excluding hydrogens is 214 g/mol. The molecule has 1 nitrogen and oxygen atoms in total. The maximum absolute atomic E-state index is 4.31. The van der Waals surface area contributed by atoms with Crippen molar-refractivity contribution in [1.29, 1.82) is 0 Å². The number of aryl methyl sites for hydroxylation is 1. The minimum atomic E-state index is 1.20. The summed E-state index contributed by atoms with van der Waals surface area (Å²) in [5.41, 5.74) is 1.23. The van der Waals surface area contributed by atoms with E-state index in [1.165, 1.54) is 26.1 Å². The molecule has 0 fully saturated rings. The number of nitrogens with zero attached hydrogens (tertiary/aromatic N) is 1. The van der Waals surface area contributed by atoms with Crippen LogP contribution in [0.4, 0.5) is 0 Å². The fraction of sp³-hybridized carbons (Fsp3) is 0.0714. The van der Waals surface area contributed by atoms with Crippen molar-refractivity contribution < 1.29 is 0 Å². The van der Waals surface area contributed by atoms with E-state index in [0.29, 0.717) is 0 Å². The molecule has 2 heteroatoms. The second-order valence-electron chi connectivity index (χ2n) is 3.82. The Labute approximate surface area is 98.4 Å². The second kappa shape index (κ2) is 3.72. The summed E-state index contributed by atoms with van der Waals surface area (Å²) in [5, 5.41) is 2.48. The molecular formula is C14H11NS. The zero-order valence-electron chi connectivity index (χ0n) is 8.97. The smallest absolute Gasteiger partial charge is 0.0367 e. The van der Waals surface area contributed by atoms with Gasteiger partial charge in [-0.05, 0) is 24.4 Å². The van der Waals surface area contributed by atoms with Crippen LogP contribution in [0.1, 0.15) is 4.88 Å². The number of rotatable bonds is 1. The van der Waals surface area contributed by atoms with Gasteiger partial charge in [-0.15, -0.1) is 11.3 Å². The zero-order valence-corrected chi connectivity index (χ0v) is 9.79. The van der Waals surface area contributed by atoms with Crippen LogP contribution in [0.2, 0.25) is 0 Å². The Morgan fingerprint density at radius 1 is 1.00 bits per heavy atom. The molecule has 0 aliphatic carbocycles. The van der Waals surface area contributed by atoms with Crippen molar-refractivity contribution in [2.45, 2.75) is 6.92 Å². The number of thiophene rings is 1. The highest BCUT2D eigenvalue weighted by molar-refractivity contribution is 7.15. The van der Waals surface area contributed by atoms with Crippen LogP contribution in [-0.2, 0) is 0 Å². The van der Waals surface area contributed by atoms with Crippen molar-refractivity contribution in [2.75, 3.05) is 0 Å². The molecule has 0 aliphatic rings. The fourth-order valence-corrected chi connectivity index (χ4v) is 2.78. The largest absolute Gasteiger partial charge is 0.263 e. The quantitative estimate of drug-likeness (QED) is 0.602. The molecule has 0 amide bonds. The van der Waals surface area contributed by atoms with Gasteiger partial charge in [0.2, 0.25) is 0 Å². The van der Waals surface area contributed by atoms with Gasteiger partial charge in [0, 0.05) is 33.1 Å². The third-order valence-corrected chi connectivity index (χ3v) is 3.71. The van der Waals surface area contributed by atoms with E-state index in [0.717, 1.165) is 0 Å². The van der Waals surface area contributed by atoms with Gasteiger partial charge in [0.15, 0.2) is 0 Å². The summed E-state index contributed by atoms with van der Waals surface area (Å²) in [7, 11) is 0.